The number of pyridine rings is 2. The fraction of sp³-hybridized carbons (Fsp3) is 0.200. The van der Waals surface area contributed by atoms with Crippen LogP contribution in [0.3, 0.4) is 0 Å². The second kappa shape index (κ2) is 6.49. The van der Waals surface area contributed by atoms with Gasteiger partial charge in [-0.25, -0.2) is 0 Å². The van der Waals surface area contributed by atoms with Gasteiger partial charge in [-0.15, -0.1) is 0 Å². The van der Waals surface area contributed by atoms with Crippen molar-refractivity contribution < 1.29 is 18.3 Å². The summed E-state index contributed by atoms with van der Waals surface area (Å²) in [4.78, 5) is 18.3. The summed E-state index contributed by atoms with van der Waals surface area (Å²) in [6.45, 7) is 1.18. The summed E-state index contributed by atoms with van der Waals surface area (Å²) in [5.74, 6) is 0. The monoisotopic (exact) mass is 387 g/mol. The van der Waals surface area contributed by atoms with E-state index in [0.29, 0.717) is 22.3 Å². The minimum atomic E-state index is -4.73. The molecule has 2 N–H and O–H groups in total. The average Bonchev–Trinajstić information content (AvgIpc) is 2.93. The number of alkyl halides is 3. The standard InChI is InChI=1S/C20H16F3N3O2/c1-11-18-13-2-5-17(28)25-14(13)3-4-15(18)26(10-16(27)20(21,22)23)19(11)12-6-8-24-9-7-12/h2-9,16,27H,10H2,1H3,(H,25,28). The number of fused-ring (bicyclic) bond motifs is 3. The highest BCUT2D eigenvalue weighted by molar-refractivity contribution is 6.09. The zero-order chi connectivity index (χ0) is 20.1. The van der Waals surface area contributed by atoms with Crippen LogP contribution >= 0.6 is 0 Å². The molecule has 1 atom stereocenters. The van der Waals surface area contributed by atoms with E-state index in [9.17, 15) is 23.1 Å². The number of aromatic amines is 1. The van der Waals surface area contributed by atoms with Gasteiger partial charge < -0.3 is 14.7 Å². The Bertz CT molecular complexity index is 1230. The van der Waals surface area contributed by atoms with Crippen molar-refractivity contribution in [1.29, 1.82) is 0 Å². The summed E-state index contributed by atoms with van der Waals surface area (Å²) in [7, 11) is 0. The van der Waals surface area contributed by atoms with Gasteiger partial charge in [-0.3, -0.25) is 9.78 Å². The Morgan fingerprint density at radius 3 is 2.54 bits per heavy atom. The normalized spacial score (nSPS) is 13.3. The summed E-state index contributed by atoms with van der Waals surface area (Å²) in [5, 5.41) is 11.2. The number of aryl methyl sites for hydroxylation is 1. The van der Waals surface area contributed by atoms with Crippen LogP contribution in [0.25, 0.3) is 33.1 Å². The Morgan fingerprint density at radius 2 is 1.86 bits per heavy atom. The van der Waals surface area contributed by atoms with Crippen molar-refractivity contribution in [3.8, 4) is 11.3 Å². The molecule has 8 heteroatoms. The molecule has 1 unspecified atom stereocenters. The Labute approximate surface area is 157 Å². The van der Waals surface area contributed by atoms with Gasteiger partial charge in [0.05, 0.1) is 12.2 Å². The first-order valence-electron chi connectivity index (χ1n) is 8.57. The highest BCUT2D eigenvalue weighted by atomic mass is 19.4. The van der Waals surface area contributed by atoms with Gasteiger partial charge in [-0.1, -0.05) is 0 Å². The summed E-state index contributed by atoms with van der Waals surface area (Å²) < 4.78 is 40.7. The zero-order valence-corrected chi connectivity index (χ0v) is 14.8. The summed E-state index contributed by atoms with van der Waals surface area (Å²) in [5.41, 5.74) is 2.90. The first-order chi connectivity index (χ1) is 13.3. The number of halogens is 3. The van der Waals surface area contributed by atoms with Gasteiger partial charge in [0.1, 0.15) is 0 Å². The smallest absolute Gasteiger partial charge is 0.382 e. The number of hydrogen-bond donors (Lipinski definition) is 2. The molecule has 5 nitrogen and oxygen atoms in total. The van der Waals surface area contributed by atoms with E-state index in [2.05, 4.69) is 9.97 Å². The number of aliphatic hydroxyl groups is 1. The second-order valence-electron chi connectivity index (χ2n) is 6.62. The molecule has 0 aliphatic heterocycles. The Balaban J connectivity index is 2.07. The minimum Gasteiger partial charge on any atom is -0.382 e. The number of benzene rings is 1. The number of rotatable bonds is 3. The van der Waals surface area contributed by atoms with Crippen LogP contribution in [0, 0.1) is 6.92 Å². The molecule has 0 aliphatic rings. The third kappa shape index (κ3) is 2.95. The van der Waals surface area contributed by atoms with E-state index in [-0.39, 0.29) is 5.56 Å². The van der Waals surface area contributed by atoms with Crippen LogP contribution in [0.2, 0.25) is 0 Å². The predicted molar refractivity (Wildman–Crippen MR) is 100 cm³/mol. The Morgan fingerprint density at radius 1 is 1.14 bits per heavy atom. The molecule has 0 saturated carbocycles. The topological polar surface area (TPSA) is 70.9 Å². The SMILES string of the molecule is Cc1c(-c2ccncc2)n(CC(O)C(F)(F)F)c2ccc3[nH]c(=O)ccc3c12. The van der Waals surface area contributed by atoms with E-state index in [1.807, 2.05) is 6.92 Å². The van der Waals surface area contributed by atoms with E-state index >= 15 is 0 Å². The Hall–Kier alpha value is -3.13. The zero-order valence-electron chi connectivity index (χ0n) is 14.8. The van der Waals surface area contributed by atoms with Crippen LogP contribution in [0.15, 0.2) is 53.6 Å². The van der Waals surface area contributed by atoms with Crippen LogP contribution in [-0.2, 0) is 6.54 Å². The van der Waals surface area contributed by atoms with Crippen LogP contribution in [0.5, 0.6) is 0 Å². The van der Waals surface area contributed by atoms with Gasteiger partial charge in [-0.05, 0) is 42.8 Å². The van der Waals surface area contributed by atoms with E-state index in [4.69, 9.17) is 0 Å². The van der Waals surface area contributed by atoms with Crippen molar-refractivity contribution in [2.24, 2.45) is 0 Å². The van der Waals surface area contributed by atoms with Gasteiger partial charge in [0.2, 0.25) is 5.56 Å². The fourth-order valence-corrected chi connectivity index (χ4v) is 3.63. The molecule has 0 amide bonds. The number of aromatic nitrogens is 3. The summed E-state index contributed by atoms with van der Waals surface area (Å²) in [6, 6.07) is 9.78. The van der Waals surface area contributed by atoms with Gasteiger partial charge in [0.15, 0.2) is 6.10 Å². The fourth-order valence-electron chi connectivity index (χ4n) is 3.63. The first-order valence-corrected chi connectivity index (χ1v) is 8.57. The van der Waals surface area contributed by atoms with Crippen LogP contribution in [-0.4, -0.2) is 31.9 Å². The molecular weight excluding hydrogens is 371 g/mol. The molecular formula is C20H16F3N3O2. The average molecular weight is 387 g/mol. The van der Waals surface area contributed by atoms with E-state index < -0.39 is 18.8 Å². The summed E-state index contributed by atoms with van der Waals surface area (Å²) in [6.07, 6.45) is -4.12. The van der Waals surface area contributed by atoms with Crippen molar-refractivity contribution in [2.45, 2.75) is 25.7 Å². The molecule has 0 radical (unpaired) electrons. The molecule has 28 heavy (non-hydrogen) atoms. The lowest BCUT2D eigenvalue weighted by molar-refractivity contribution is -0.207. The molecule has 3 aromatic heterocycles. The predicted octanol–water partition coefficient (Wildman–Crippen LogP) is 3.78. The number of H-pyrrole nitrogens is 1. The molecule has 0 bridgehead atoms. The number of nitrogens with zero attached hydrogens (tertiary/aromatic N) is 2. The van der Waals surface area contributed by atoms with Gasteiger partial charge in [0, 0.05) is 45.8 Å². The molecule has 4 aromatic rings. The summed E-state index contributed by atoms with van der Waals surface area (Å²) >= 11 is 0. The molecule has 1 aromatic carbocycles. The highest BCUT2D eigenvalue weighted by Gasteiger charge is 2.39. The first kappa shape index (κ1) is 18.2. The molecule has 144 valence electrons. The van der Waals surface area contributed by atoms with E-state index in [1.165, 1.54) is 10.6 Å². The maximum Gasteiger partial charge on any atom is 0.416 e. The Kier molecular flexibility index (Phi) is 4.23. The number of nitrogens with one attached hydrogen (secondary N) is 1. The van der Waals surface area contributed by atoms with Gasteiger partial charge in [-0.2, -0.15) is 13.2 Å². The van der Waals surface area contributed by atoms with Crippen LogP contribution < -0.4 is 5.56 Å². The molecule has 0 saturated heterocycles. The van der Waals surface area contributed by atoms with Crippen molar-refractivity contribution in [1.82, 2.24) is 14.5 Å². The highest BCUT2D eigenvalue weighted by Crippen LogP contribution is 2.37. The molecule has 3 heterocycles. The van der Waals surface area contributed by atoms with Crippen molar-refractivity contribution in [3.63, 3.8) is 0 Å². The second-order valence-corrected chi connectivity index (χ2v) is 6.62. The lowest BCUT2D eigenvalue weighted by Crippen LogP contribution is -2.33. The molecule has 0 aliphatic carbocycles. The maximum absolute atomic E-state index is 13.1. The quantitative estimate of drug-likeness (QED) is 0.562. The van der Waals surface area contributed by atoms with Gasteiger partial charge >= 0.3 is 6.18 Å². The maximum atomic E-state index is 13.1. The number of aliphatic hydroxyl groups excluding tert-OH is 1. The molecule has 0 spiro atoms. The number of hydrogen-bond acceptors (Lipinski definition) is 3. The molecule has 4 rings (SSSR count). The van der Waals surface area contributed by atoms with Crippen LogP contribution in [0.1, 0.15) is 5.56 Å². The lowest BCUT2D eigenvalue weighted by atomic mass is 10.0. The van der Waals surface area contributed by atoms with Crippen LogP contribution in [0.4, 0.5) is 13.2 Å². The van der Waals surface area contributed by atoms with Gasteiger partial charge in [0.25, 0.3) is 0 Å². The van der Waals surface area contributed by atoms with Crippen molar-refractivity contribution >= 4 is 21.8 Å². The minimum absolute atomic E-state index is 0.259. The van der Waals surface area contributed by atoms with Crippen molar-refractivity contribution in [3.05, 3.63) is 64.7 Å². The largest absolute Gasteiger partial charge is 0.416 e. The van der Waals surface area contributed by atoms with E-state index in [1.54, 1.807) is 42.7 Å². The third-order valence-electron chi connectivity index (χ3n) is 4.86. The third-order valence-corrected chi connectivity index (χ3v) is 4.86. The van der Waals surface area contributed by atoms with E-state index in [0.717, 1.165) is 16.3 Å². The molecule has 0 fully saturated rings. The van der Waals surface area contributed by atoms with Crippen molar-refractivity contribution in [2.75, 3.05) is 0 Å². The lowest BCUT2D eigenvalue weighted by Gasteiger charge is -2.18.